The molecule has 2 heterocycles. The summed E-state index contributed by atoms with van der Waals surface area (Å²) in [6.45, 7) is 6.84. The summed E-state index contributed by atoms with van der Waals surface area (Å²) >= 11 is 0. The summed E-state index contributed by atoms with van der Waals surface area (Å²) in [7, 11) is 0. The Kier molecular flexibility index (Phi) is 10.7. The molecule has 2 aliphatic rings. The van der Waals surface area contributed by atoms with Crippen molar-refractivity contribution >= 4 is 36.3 Å². The number of nitrogens with one attached hydrogen (secondary N) is 1. The Morgan fingerprint density at radius 1 is 0.771 bits per heavy atom. The average Bonchev–Trinajstić information content (AvgIpc) is 2.89. The first-order chi connectivity index (χ1) is 16.4. The zero-order valence-corrected chi connectivity index (χ0v) is 22.1. The van der Waals surface area contributed by atoms with E-state index in [1.807, 2.05) is 6.20 Å². The van der Waals surface area contributed by atoms with Crippen LogP contribution in [0.3, 0.4) is 0 Å². The maximum Gasteiger partial charge on any atom is 0.126 e. The van der Waals surface area contributed by atoms with Crippen LogP contribution in [0.15, 0.2) is 66.9 Å². The Morgan fingerprint density at radius 3 is 2.40 bits per heavy atom. The number of hydrogen-bond acceptors (Lipinski definition) is 4. The molecule has 0 amide bonds. The Bertz CT molecular complexity index is 1040. The molecule has 4 nitrogen and oxygen atoms in total. The highest BCUT2D eigenvalue weighted by Crippen LogP contribution is 2.31. The lowest BCUT2D eigenvalue weighted by Gasteiger charge is -2.38. The largest absolute Gasteiger partial charge is 0.370 e. The van der Waals surface area contributed by atoms with Crippen molar-refractivity contribution in [1.29, 1.82) is 0 Å². The molecule has 5 rings (SSSR count). The predicted molar refractivity (Wildman–Crippen MR) is 154 cm³/mol. The molecule has 6 heteroatoms. The Labute approximate surface area is 223 Å². The fraction of sp³-hybridized carbons (Fsp3) is 0.414. The van der Waals surface area contributed by atoms with Crippen LogP contribution in [-0.4, -0.2) is 49.2 Å². The highest BCUT2D eigenvalue weighted by molar-refractivity contribution is 5.85. The summed E-state index contributed by atoms with van der Waals surface area (Å²) in [6.07, 6.45) is 9.53. The van der Waals surface area contributed by atoms with E-state index in [1.165, 1.54) is 75.0 Å². The van der Waals surface area contributed by atoms with E-state index in [1.54, 1.807) is 11.1 Å². The number of fused-ring (bicyclic) bond motifs is 1. The van der Waals surface area contributed by atoms with Gasteiger partial charge in [-0.25, -0.2) is 4.98 Å². The fourth-order valence-electron chi connectivity index (χ4n) is 5.28. The summed E-state index contributed by atoms with van der Waals surface area (Å²) in [6, 6.07) is 21.7. The second kappa shape index (κ2) is 13.7. The van der Waals surface area contributed by atoms with Gasteiger partial charge in [-0.2, -0.15) is 0 Å². The van der Waals surface area contributed by atoms with Gasteiger partial charge in [0.05, 0.1) is 0 Å². The van der Waals surface area contributed by atoms with Crippen LogP contribution >= 0.6 is 24.8 Å². The van der Waals surface area contributed by atoms with Gasteiger partial charge in [-0.05, 0) is 85.5 Å². The zero-order chi connectivity index (χ0) is 22.3. The lowest BCUT2D eigenvalue weighted by Crippen LogP contribution is -2.47. The number of benzene rings is 2. The Morgan fingerprint density at radius 2 is 1.57 bits per heavy atom. The molecule has 1 saturated heterocycles. The van der Waals surface area contributed by atoms with Gasteiger partial charge in [0.1, 0.15) is 5.82 Å². The van der Waals surface area contributed by atoms with Crippen molar-refractivity contribution in [2.45, 2.75) is 38.5 Å². The van der Waals surface area contributed by atoms with E-state index in [0.29, 0.717) is 0 Å². The molecule has 0 unspecified atom stereocenters. The molecule has 1 aromatic heterocycles. The van der Waals surface area contributed by atoms with Crippen molar-refractivity contribution in [3.05, 3.63) is 78.0 Å². The van der Waals surface area contributed by atoms with Gasteiger partial charge < -0.3 is 10.2 Å². The molecular formula is C29H38Cl2N4. The number of piperazine rings is 1. The predicted octanol–water partition coefficient (Wildman–Crippen LogP) is 6.49. The van der Waals surface area contributed by atoms with E-state index < -0.39 is 0 Å². The van der Waals surface area contributed by atoms with Gasteiger partial charge in [0.2, 0.25) is 0 Å². The molecule has 188 valence electrons. The minimum atomic E-state index is 0. The van der Waals surface area contributed by atoms with Crippen LogP contribution in [0.1, 0.15) is 36.8 Å². The molecule has 2 aromatic carbocycles. The average molecular weight is 514 g/mol. The van der Waals surface area contributed by atoms with Gasteiger partial charge in [-0.15, -0.1) is 24.8 Å². The topological polar surface area (TPSA) is 31.4 Å². The van der Waals surface area contributed by atoms with Gasteiger partial charge >= 0.3 is 0 Å². The molecule has 0 saturated carbocycles. The molecule has 1 aliphatic heterocycles. The van der Waals surface area contributed by atoms with Crippen molar-refractivity contribution in [3.63, 3.8) is 0 Å². The number of nitrogens with zero attached hydrogens (tertiary/aromatic N) is 3. The number of halogens is 2. The van der Waals surface area contributed by atoms with E-state index in [-0.39, 0.29) is 24.8 Å². The van der Waals surface area contributed by atoms with Crippen molar-refractivity contribution < 1.29 is 0 Å². The lowest BCUT2D eigenvalue weighted by atomic mass is 9.90. The molecule has 0 bridgehead atoms. The SMILES string of the molecule is Cl.Cl.c1ccc(-c2ccnc(NCCCCN3CCN(c4cccc5c4CCCC5)CC3)c2)cc1. The summed E-state index contributed by atoms with van der Waals surface area (Å²) in [5.41, 5.74) is 7.19. The molecule has 0 atom stereocenters. The van der Waals surface area contributed by atoms with Crippen LogP contribution in [0, 0.1) is 0 Å². The van der Waals surface area contributed by atoms with Crippen LogP contribution in [0.25, 0.3) is 11.1 Å². The monoisotopic (exact) mass is 512 g/mol. The summed E-state index contributed by atoms with van der Waals surface area (Å²) in [5.74, 6) is 0.969. The second-order valence-electron chi connectivity index (χ2n) is 9.38. The molecule has 0 radical (unpaired) electrons. The van der Waals surface area contributed by atoms with Crippen LogP contribution in [0.2, 0.25) is 0 Å². The minimum absolute atomic E-state index is 0. The highest BCUT2D eigenvalue weighted by Gasteiger charge is 2.21. The van der Waals surface area contributed by atoms with E-state index in [0.717, 1.165) is 25.5 Å². The number of rotatable bonds is 8. The van der Waals surface area contributed by atoms with Crippen molar-refractivity contribution in [2.24, 2.45) is 0 Å². The quantitative estimate of drug-likeness (QED) is 0.349. The molecule has 1 aliphatic carbocycles. The number of anilines is 2. The number of aryl methyl sites for hydroxylation is 1. The maximum absolute atomic E-state index is 4.49. The summed E-state index contributed by atoms with van der Waals surface area (Å²) in [5, 5.41) is 3.51. The third-order valence-electron chi connectivity index (χ3n) is 7.16. The Balaban J connectivity index is 0.00000171. The molecule has 35 heavy (non-hydrogen) atoms. The van der Waals surface area contributed by atoms with Crippen LogP contribution in [0.5, 0.6) is 0 Å². The minimum Gasteiger partial charge on any atom is -0.370 e. The first kappa shape index (κ1) is 27.3. The first-order valence-electron chi connectivity index (χ1n) is 12.7. The van der Waals surface area contributed by atoms with Gasteiger partial charge in [-0.1, -0.05) is 42.5 Å². The number of aromatic nitrogens is 1. The zero-order valence-electron chi connectivity index (χ0n) is 20.5. The third kappa shape index (κ3) is 7.13. The molecule has 3 aromatic rings. The number of unbranched alkanes of at least 4 members (excludes halogenated alkanes) is 1. The number of pyridine rings is 1. The van der Waals surface area contributed by atoms with E-state index in [2.05, 4.69) is 80.8 Å². The van der Waals surface area contributed by atoms with Crippen molar-refractivity contribution in [3.8, 4) is 11.1 Å². The smallest absolute Gasteiger partial charge is 0.126 e. The van der Waals surface area contributed by atoms with E-state index in [4.69, 9.17) is 0 Å². The normalized spacial score (nSPS) is 15.5. The molecule has 0 spiro atoms. The summed E-state index contributed by atoms with van der Waals surface area (Å²) in [4.78, 5) is 9.76. The standard InChI is InChI=1S/C29H36N4.2ClH/c1-2-9-24(10-3-1)26-15-17-31-29(23-26)30-16-6-7-18-32-19-21-33(22-20-32)28-14-8-12-25-11-4-5-13-27(25)28;;/h1-3,8-10,12,14-15,17,23H,4-7,11,13,16,18-22H2,(H,30,31);2*1H. The second-order valence-corrected chi connectivity index (χ2v) is 9.38. The van der Waals surface area contributed by atoms with Gasteiger partial charge in [0.25, 0.3) is 0 Å². The van der Waals surface area contributed by atoms with Crippen molar-refractivity contribution in [1.82, 2.24) is 9.88 Å². The van der Waals surface area contributed by atoms with E-state index in [9.17, 15) is 0 Å². The molecular weight excluding hydrogens is 475 g/mol. The fourth-order valence-corrected chi connectivity index (χ4v) is 5.28. The highest BCUT2D eigenvalue weighted by atomic mass is 35.5. The first-order valence-corrected chi connectivity index (χ1v) is 12.7. The molecule has 1 N–H and O–H groups in total. The maximum atomic E-state index is 4.49. The van der Waals surface area contributed by atoms with Crippen LogP contribution in [0.4, 0.5) is 11.5 Å². The van der Waals surface area contributed by atoms with Crippen LogP contribution in [-0.2, 0) is 12.8 Å². The Hall–Kier alpha value is -2.27. The van der Waals surface area contributed by atoms with E-state index >= 15 is 0 Å². The third-order valence-corrected chi connectivity index (χ3v) is 7.16. The lowest BCUT2D eigenvalue weighted by molar-refractivity contribution is 0.253. The van der Waals surface area contributed by atoms with Crippen molar-refractivity contribution in [2.75, 3.05) is 49.5 Å². The summed E-state index contributed by atoms with van der Waals surface area (Å²) < 4.78 is 0. The van der Waals surface area contributed by atoms with Crippen LogP contribution < -0.4 is 10.2 Å². The molecule has 1 fully saturated rings. The number of hydrogen-bond donors (Lipinski definition) is 1. The van der Waals surface area contributed by atoms with Gasteiger partial charge in [0, 0.05) is 44.6 Å². The van der Waals surface area contributed by atoms with Gasteiger partial charge in [0.15, 0.2) is 0 Å². The van der Waals surface area contributed by atoms with Gasteiger partial charge in [-0.3, -0.25) is 4.90 Å².